The van der Waals surface area contributed by atoms with E-state index in [4.69, 9.17) is 4.74 Å². The van der Waals surface area contributed by atoms with Crippen LogP contribution >= 0.6 is 11.3 Å². The molecule has 1 unspecified atom stereocenters. The summed E-state index contributed by atoms with van der Waals surface area (Å²) in [6.07, 6.45) is 2.55. The van der Waals surface area contributed by atoms with Crippen molar-refractivity contribution in [2.45, 2.75) is 51.8 Å². The monoisotopic (exact) mass is 240 g/mol. The number of hydrogen-bond donors (Lipinski definition) is 1. The number of rotatable bonds is 3. The highest BCUT2D eigenvalue weighted by Crippen LogP contribution is 2.30. The molecule has 0 saturated carbocycles. The highest BCUT2D eigenvalue weighted by molar-refractivity contribution is 7.09. The molecule has 1 aliphatic rings. The van der Waals surface area contributed by atoms with Gasteiger partial charge in [0.15, 0.2) is 0 Å². The normalized spacial score (nSPS) is 21.6. The Bertz CT molecular complexity index is 337. The molecule has 0 amide bonds. The van der Waals surface area contributed by atoms with E-state index >= 15 is 0 Å². The smallest absolute Gasteiger partial charge is 0.122 e. The van der Waals surface area contributed by atoms with E-state index in [9.17, 15) is 0 Å². The molecule has 1 saturated heterocycles. The minimum atomic E-state index is 0.146. The van der Waals surface area contributed by atoms with Crippen LogP contribution in [0.4, 0.5) is 0 Å². The molecule has 1 atom stereocenters. The number of hydrogen-bond acceptors (Lipinski definition) is 4. The molecule has 0 spiro atoms. The van der Waals surface area contributed by atoms with Gasteiger partial charge in [-0.15, -0.1) is 11.3 Å². The van der Waals surface area contributed by atoms with Crippen LogP contribution in [0.3, 0.4) is 0 Å². The van der Waals surface area contributed by atoms with E-state index < -0.39 is 0 Å². The zero-order valence-electron chi connectivity index (χ0n) is 10.2. The number of nitrogens with zero attached hydrogens (tertiary/aromatic N) is 1. The molecule has 1 fully saturated rings. The molecule has 0 radical (unpaired) electrons. The van der Waals surface area contributed by atoms with E-state index in [2.05, 4.69) is 36.5 Å². The maximum Gasteiger partial charge on any atom is 0.122 e. The van der Waals surface area contributed by atoms with Crippen LogP contribution in [-0.4, -0.2) is 17.1 Å². The Hall–Kier alpha value is -0.450. The lowest BCUT2D eigenvalue weighted by atomic mass is 10.1. The second kappa shape index (κ2) is 4.82. The van der Waals surface area contributed by atoms with Crippen molar-refractivity contribution in [2.24, 2.45) is 0 Å². The minimum absolute atomic E-state index is 0.146. The van der Waals surface area contributed by atoms with Crippen LogP contribution < -0.4 is 5.32 Å². The summed E-state index contributed by atoms with van der Waals surface area (Å²) < 4.78 is 5.63. The standard InChI is InChI=1S/C12H20N2OS/c1-12(2,3)13-7-9-8-16-11(14-9)10-5-4-6-15-10/h8,10,13H,4-7H2,1-3H3. The molecule has 3 nitrogen and oxygen atoms in total. The largest absolute Gasteiger partial charge is 0.371 e. The molecule has 4 heteroatoms. The number of aromatic nitrogens is 1. The summed E-state index contributed by atoms with van der Waals surface area (Å²) in [5.74, 6) is 0. The van der Waals surface area contributed by atoms with Gasteiger partial charge in [-0.25, -0.2) is 4.98 Å². The molecular formula is C12H20N2OS. The van der Waals surface area contributed by atoms with Crippen molar-refractivity contribution in [3.05, 3.63) is 16.1 Å². The zero-order chi connectivity index (χ0) is 11.6. The van der Waals surface area contributed by atoms with E-state index in [1.165, 1.54) is 6.42 Å². The predicted molar refractivity (Wildman–Crippen MR) is 66.6 cm³/mol. The molecule has 1 aliphatic heterocycles. The van der Waals surface area contributed by atoms with Gasteiger partial charge >= 0.3 is 0 Å². The predicted octanol–water partition coefficient (Wildman–Crippen LogP) is 2.88. The van der Waals surface area contributed by atoms with Crippen LogP contribution in [-0.2, 0) is 11.3 Å². The Morgan fingerprint density at radius 3 is 3.00 bits per heavy atom. The van der Waals surface area contributed by atoms with Gasteiger partial charge < -0.3 is 10.1 Å². The molecule has 1 aromatic rings. The van der Waals surface area contributed by atoms with Crippen LogP contribution in [0.25, 0.3) is 0 Å². The molecular weight excluding hydrogens is 220 g/mol. The third kappa shape index (κ3) is 3.27. The molecule has 0 bridgehead atoms. The molecule has 0 aromatic carbocycles. The van der Waals surface area contributed by atoms with Crippen LogP contribution in [0.1, 0.15) is 50.4 Å². The summed E-state index contributed by atoms with van der Waals surface area (Å²) >= 11 is 1.72. The molecule has 0 aliphatic carbocycles. The third-order valence-corrected chi connectivity index (χ3v) is 3.56. The number of ether oxygens (including phenoxy) is 1. The van der Waals surface area contributed by atoms with Crippen molar-refractivity contribution < 1.29 is 4.74 Å². The third-order valence-electron chi connectivity index (χ3n) is 2.57. The fourth-order valence-electron chi connectivity index (χ4n) is 1.68. The summed E-state index contributed by atoms with van der Waals surface area (Å²) in [5.41, 5.74) is 1.28. The van der Waals surface area contributed by atoms with Gasteiger partial charge in [0.1, 0.15) is 11.1 Å². The highest BCUT2D eigenvalue weighted by Gasteiger charge is 2.21. The van der Waals surface area contributed by atoms with E-state index in [0.29, 0.717) is 0 Å². The Morgan fingerprint density at radius 1 is 1.56 bits per heavy atom. The van der Waals surface area contributed by atoms with Crippen molar-refractivity contribution in [1.29, 1.82) is 0 Å². The Kier molecular flexibility index (Phi) is 3.62. The molecule has 1 N–H and O–H groups in total. The fraction of sp³-hybridized carbons (Fsp3) is 0.750. The SMILES string of the molecule is CC(C)(C)NCc1csc(C2CCCO2)n1. The number of nitrogens with one attached hydrogen (secondary N) is 1. The van der Waals surface area contributed by atoms with Gasteiger partial charge in [-0.2, -0.15) is 0 Å². The van der Waals surface area contributed by atoms with Crippen molar-refractivity contribution >= 4 is 11.3 Å². The van der Waals surface area contributed by atoms with E-state index in [1.807, 2.05) is 0 Å². The van der Waals surface area contributed by atoms with Crippen molar-refractivity contribution in [3.63, 3.8) is 0 Å². The van der Waals surface area contributed by atoms with Crippen LogP contribution in [0.2, 0.25) is 0 Å². The summed E-state index contributed by atoms with van der Waals surface area (Å²) in [7, 11) is 0. The minimum Gasteiger partial charge on any atom is -0.371 e. The molecule has 1 aromatic heterocycles. The van der Waals surface area contributed by atoms with Gasteiger partial charge in [0.2, 0.25) is 0 Å². The van der Waals surface area contributed by atoms with Crippen molar-refractivity contribution in [3.8, 4) is 0 Å². The first-order valence-corrected chi connectivity index (χ1v) is 6.73. The van der Waals surface area contributed by atoms with Gasteiger partial charge in [-0.05, 0) is 33.6 Å². The van der Waals surface area contributed by atoms with E-state index in [0.717, 1.165) is 30.3 Å². The topological polar surface area (TPSA) is 34.1 Å². The lowest BCUT2D eigenvalue weighted by molar-refractivity contribution is 0.111. The Balaban J connectivity index is 1.91. The summed E-state index contributed by atoms with van der Waals surface area (Å²) in [6.45, 7) is 8.23. The summed E-state index contributed by atoms with van der Waals surface area (Å²) in [5, 5.41) is 6.72. The Labute approximate surface area is 101 Å². The van der Waals surface area contributed by atoms with Crippen LogP contribution in [0, 0.1) is 0 Å². The molecule has 2 heterocycles. The van der Waals surface area contributed by atoms with Crippen molar-refractivity contribution in [1.82, 2.24) is 10.3 Å². The number of thiazole rings is 1. The second-order valence-corrected chi connectivity index (χ2v) is 6.17. The molecule has 90 valence electrons. The average Bonchev–Trinajstić information content (AvgIpc) is 2.84. The second-order valence-electron chi connectivity index (χ2n) is 5.28. The van der Waals surface area contributed by atoms with E-state index in [-0.39, 0.29) is 11.6 Å². The van der Waals surface area contributed by atoms with Crippen molar-refractivity contribution in [2.75, 3.05) is 6.61 Å². The van der Waals surface area contributed by atoms with Gasteiger partial charge in [0, 0.05) is 24.1 Å². The summed E-state index contributed by atoms with van der Waals surface area (Å²) in [4.78, 5) is 4.63. The van der Waals surface area contributed by atoms with Gasteiger partial charge in [-0.1, -0.05) is 0 Å². The van der Waals surface area contributed by atoms with Gasteiger partial charge in [0.25, 0.3) is 0 Å². The average molecular weight is 240 g/mol. The van der Waals surface area contributed by atoms with Crippen LogP contribution in [0.5, 0.6) is 0 Å². The van der Waals surface area contributed by atoms with E-state index in [1.54, 1.807) is 11.3 Å². The highest BCUT2D eigenvalue weighted by atomic mass is 32.1. The maximum absolute atomic E-state index is 5.63. The Morgan fingerprint density at radius 2 is 2.38 bits per heavy atom. The van der Waals surface area contributed by atoms with Gasteiger partial charge in [-0.3, -0.25) is 0 Å². The van der Waals surface area contributed by atoms with Gasteiger partial charge in [0.05, 0.1) is 5.69 Å². The first-order chi connectivity index (χ1) is 7.54. The maximum atomic E-state index is 5.63. The lowest BCUT2D eigenvalue weighted by Gasteiger charge is -2.19. The lowest BCUT2D eigenvalue weighted by Crippen LogP contribution is -2.35. The van der Waals surface area contributed by atoms with Crippen LogP contribution in [0.15, 0.2) is 5.38 Å². The first-order valence-electron chi connectivity index (χ1n) is 5.85. The molecule has 16 heavy (non-hydrogen) atoms. The fourth-order valence-corrected chi connectivity index (χ4v) is 2.58. The zero-order valence-corrected chi connectivity index (χ0v) is 11.1. The first kappa shape index (κ1) is 12.0. The quantitative estimate of drug-likeness (QED) is 0.882. The summed E-state index contributed by atoms with van der Waals surface area (Å²) in [6, 6.07) is 0. The molecule has 2 rings (SSSR count).